The van der Waals surface area contributed by atoms with E-state index in [-0.39, 0.29) is 29.1 Å². The van der Waals surface area contributed by atoms with E-state index in [9.17, 15) is 18.0 Å². The van der Waals surface area contributed by atoms with Gasteiger partial charge in [0.15, 0.2) is 11.5 Å². The maximum Gasteiger partial charge on any atom is 0.264 e. The van der Waals surface area contributed by atoms with Crippen LogP contribution in [0.15, 0.2) is 77.7 Å². The molecule has 0 heterocycles. The Morgan fingerprint density at radius 2 is 1.53 bits per heavy atom. The van der Waals surface area contributed by atoms with Gasteiger partial charge in [-0.1, -0.05) is 61.9 Å². The molecule has 0 bridgehead atoms. The van der Waals surface area contributed by atoms with Crippen LogP contribution in [0.4, 0.5) is 5.69 Å². The van der Waals surface area contributed by atoms with Gasteiger partial charge < -0.3 is 19.7 Å². The fourth-order valence-corrected chi connectivity index (χ4v) is 6.11. The van der Waals surface area contributed by atoms with E-state index in [2.05, 4.69) is 5.32 Å². The van der Waals surface area contributed by atoms with E-state index in [1.807, 2.05) is 58.0 Å². The monoisotopic (exact) mass is 609 g/mol. The fraction of sp³-hybridized carbons (Fsp3) is 0.394. The molecule has 0 fully saturated rings. The number of anilines is 1. The van der Waals surface area contributed by atoms with Gasteiger partial charge in [-0.25, -0.2) is 8.42 Å². The Bertz CT molecular complexity index is 1460. The minimum absolute atomic E-state index is 0.0593. The second-order valence-electron chi connectivity index (χ2n) is 10.4. The smallest absolute Gasteiger partial charge is 0.264 e. The lowest BCUT2D eigenvalue weighted by Crippen LogP contribution is -2.54. The van der Waals surface area contributed by atoms with Crippen LogP contribution in [0.1, 0.15) is 44.7 Å². The summed E-state index contributed by atoms with van der Waals surface area (Å²) in [6.07, 6.45) is 1.62. The second-order valence-corrected chi connectivity index (χ2v) is 12.3. The molecular formula is C33H43N3O6S. The quantitative estimate of drug-likeness (QED) is 0.261. The molecule has 0 saturated carbocycles. The first-order chi connectivity index (χ1) is 20.5. The highest BCUT2D eigenvalue weighted by atomic mass is 32.2. The molecule has 1 N–H and O–H groups in total. The normalized spacial score (nSPS) is 12.6. The van der Waals surface area contributed by atoms with E-state index in [0.717, 1.165) is 21.9 Å². The first-order valence-corrected chi connectivity index (χ1v) is 15.9. The van der Waals surface area contributed by atoms with Crippen LogP contribution >= 0.6 is 0 Å². The molecule has 0 radical (unpaired) electrons. The maximum atomic E-state index is 14.2. The van der Waals surface area contributed by atoms with E-state index in [4.69, 9.17) is 9.47 Å². The number of rotatable bonds is 15. The molecule has 0 unspecified atom stereocenters. The summed E-state index contributed by atoms with van der Waals surface area (Å²) < 4.78 is 40.0. The molecule has 3 aromatic rings. The predicted molar refractivity (Wildman–Crippen MR) is 169 cm³/mol. The lowest BCUT2D eigenvalue weighted by molar-refractivity contribution is -0.139. The van der Waals surface area contributed by atoms with Crippen molar-refractivity contribution in [2.45, 2.75) is 63.9 Å². The van der Waals surface area contributed by atoms with Gasteiger partial charge in [0.05, 0.1) is 24.8 Å². The Balaban J connectivity index is 2.05. The van der Waals surface area contributed by atoms with Gasteiger partial charge in [-0.3, -0.25) is 13.9 Å². The van der Waals surface area contributed by atoms with Crippen molar-refractivity contribution in [2.75, 3.05) is 31.6 Å². The topological polar surface area (TPSA) is 105 Å². The number of hydrogen-bond donors (Lipinski definition) is 1. The van der Waals surface area contributed by atoms with Gasteiger partial charge in [0, 0.05) is 18.7 Å². The molecule has 0 aliphatic rings. The standard InChI is InChI=1S/C33H43N3O6S/c1-7-25(4)34-33(38)29(8-2)35(21-20-26-12-10-9-11-13-26)32(37)23-36(27-16-14-24(3)15-17-27)43(39,40)28-18-19-30(41-5)31(22-28)42-6/h9-19,22,25,29H,7-8,20-21,23H2,1-6H3,(H,34,38)/t25-,29+/m0/s1. The number of carbonyl (C=O) groups is 2. The second kappa shape index (κ2) is 15.4. The molecule has 2 atom stereocenters. The van der Waals surface area contributed by atoms with Crippen molar-refractivity contribution >= 4 is 27.5 Å². The van der Waals surface area contributed by atoms with Crippen molar-refractivity contribution in [3.05, 3.63) is 83.9 Å². The molecule has 0 aliphatic heterocycles. The molecule has 2 amide bonds. The summed E-state index contributed by atoms with van der Waals surface area (Å²) in [5, 5.41) is 2.99. The molecule has 43 heavy (non-hydrogen) atoms. The molecule has 0 spiro atoms. The lowest BCUT2D eigenvalue weighted by Gasteiger charge is -2.33. The Morgan fingerprint density at radius 3 is 2.12 bits per heavy atom. The third-order valence-electron chi connectivity index (χ3n) is 7.41. The van der Waals surface area contributed by atoms with E-state index in [0.29, 0.717) is 24.3 Å². The van der Waals surface area contributed by atoms with Crippen LogP contribution < -0.4 is 19.1 Å². The lowest BCUT2D eigenvalue weighted by atomic mass is 10.1. The number of carbonyl (C=O) groups excluding carboxylic acids is 2. The number of benzene rings is 3. The Hall–Kier alpha value is -4.05. The van der Waals surface area contributed by atoms with E-state index >= 15 is 0 Å². The Kier molecular flexibility index (Phi) is 12.0. The molecule has 0 saturated heterocycles. The van der Waals surface area contributed by atoms with Gasteiger partial charge in [0.1, 0.15) is 12.6 Å². The summed E-state index contributed by atoms with van der Waals surface area (Å²) in [4.78, 5) is 29.0. The van der Waals surface area contributed by atoms with Gasteiger partial charge in [0.2, 0.25) is 11.8 Å². The number of nitrogens with zero attached hydrogens (tertiary/aromatic N) is 2. The summed E-state index contributed by atoms with van der Waals surface area (Å²) in [6, 6.07) is 20.1. The molecule has 3 aromatic carbocycles. The zero-order chi connectivity index (χ0) is 31.6. The third-order valence-corrected chi connectivity index (χ3v) is 9.18. The highest BCUT2D eigenvalue weighted by molar-refractivity contribution is 7.92. The van der Waals surface area contributed by atoms with Crippen LogP contribution in [-0.4, -0.2) is 64.5 Å². The minimum atomic E-state index is -4.25. The van der Waals surface area contributed by atoms with Crippen LogP contribution in [0.3, 0.4) is 0 Å². The molecule has 10 heteroatoms. The molecule has 0 aliphatic carbocycles. The van der Waals surface area contributed by atoms with Crippen molar-refractivity contribution in [2.24, 2.45) is 0 Å². The molecular weight excluding hydrogens is 566 g/mol. The van der Waals surface area contributed by atoms with Gasteiger partial charge in [-0.05, 0) is 62.9 Å². The summed E-state index contributed by atoms with van der Waals surface area (Å²) in [7, 11) is -1.35. The zero-order valence-corrected chi connectivity index (χ0v) is 26.7. The van der Waals surface area contributed by atoms with Crippen LogP contribution in [0.5, 0.6) is 11.5 Å². The molecule has 0 aromatic heterocycles. The third kappa shape index (κ3) is 8.50. The highest BCUT2D eigenvalue weighted by Crippen LogP contribution is 2.32. The van der Waals surface area contributed by atoms with Crippen molar-refractivity contribution < 1.29 is 27.5 Å². The molecule has 232 valence electrons. The molecule has 3 rings (SSSR count). The Morgan fingerprint density at radius 1 is 0.884 bits per heavy atom. The van der Waals surface area contributed by atoms with Crippen molar-refractivity contribution in [1.29, 1.82) is 0 Å². The summed E-state index contributed by atoms with van der Waals surface area (Å²) >= 11 is 0. The maximum absolute atomic E-state index is 14.2. The van der Waals surface area contributed by atoms with Gasteiger partial charge in [-0.2, -0.15) is 0 Å². The predicted octanol–water partition coefficient (Wildman–Crippen LogP) is 4.97. The summed E-state index contributed by atoms with van der Waals surface area (Å²) in [5.74, 6) is -0.116. The number of aryl methyl sites for hydroxylation is 1. The SMILES string of the molecule is CC[C@H](C(=O)N[C@@H](C)CC)N(CCc1ccccc1)C(=O)CN(c1ccc(C)cc1)S(=O)(=O)c1ccc(OC)c(OC)c1. The average molecular weight is 610 g/mol. The minimum Gasteiger partial charge on any atom is -0.493 e. The van der Waals surface area contributed by atoms with Gasteiger partial charge >= 0.3 is 0 Å². The highest BCUT2D eigenvalue weighted by Gasteiger charge is 2.34. The van der Waals surface area contributed by atoms with Crippen LogP contribution in [0, 0.1) is 6.92 Å². The van der Waals surface area contributed by atoms with E-state index in [1.165, 1.54) is 37.3 Å². The van der Waals surface area contributed by atoms with Crippen LogP contribution in [-0.2, 0) is 26.0 Å². The molecule has 9 nitrogen and oxygen atoms in total. The van der Waals surface area contributed by atoms with Crippen molar-refractivity contribution in [3.8, 4) is 11.5 Å². The number of ether oxygens (including phenoxy) is 2. The van der Waals surface area contributed by atoms with Gasteiger partial charge in [0.25, 0.3) is 10.0 Å². The van der Waals surface area contributed by atoms with Gasteiger partial charge in [-0.15, -0.1) is 0 Å². The number of hydrogen-bond acceptors (Lipinski definition) is 6. The van der Waals surface area contributed by atoms with Crippen molar-refractivity contribution in [1.82, 2.24) is 10.2 Å². The van der Waals surface area contributed by atoms with E-state index in [1.54, 1.807) is 24.3 Å². The summed E-state index contributed by atoms with van der Waals surface area (Å²) in [6.45, 7) is 7.38. The fourth-order valence-electron chi connectivity index (χ4n) is 4.68. The first-order valence-electron chi connectivity index (χ1n) is 14.5. The zero-order valence-electron chi connectivity index (χ0n) is 25.9. The largest absolute Gasteiger partial charge is 0.493 e. The summed E-state index contributed by atoms with van der Waals surface area (Å²) in [5.41, 5.74) is 2.27. The van der Waals surface area contributed by atoms with E-state index < -0.39 is 28.5 Å². The number of methoxy groups -OCH3 is 2. The number of nitrogens with one attached hydrogen (secondary N) is 1. The van der Waals surface area contributed by atoms with Crippen LogP contribution in [0.25, 0.3) is 0 Å². The number of sulfonamides is 1. The Labute approximate surface area is 255 Å². The average Bonchev–Trinajstić information content (AvgIpc) is 3.02. The first kappa shape index (κ1) is 33.5. The number of amides is 2. The van der Waals surface area contributed by atoms with Crippen molar-refractivity contribution in [3.63, 3.8) is 0 Å². The van der Waals surface area contributed by atoms with Crippen LogP contribution in [0.2, 0.25) is 0 Å².